The second kappa shape index (κ2) is 15.2. The van der Waals surface area contributed by atoms with Gasteiger partial charge in [0.2, 0.25) is 0 Å². The zero-order valence-electron chi connectivity index (χ0n) is 34.6. The van der Waals surface area contributed by atoms with E-state index in [0.29, 0.717) is 0 Å². The Morgan fingerprint density at radius 2 is 0.603 bits per heavy atom. The number of aromatic nitrogens is 2. The predicted molar refractivity (Wildman–Crippen MR) is 270 cm³/mol. The monoisotopic (exact) mass is 818 g/mol. The largest absolute Gasteiger partial charge is 0.309 e. The Morgan fingerprint density at radius 1 is 0.222 bits per heavy atom. The van der Waals surface area contributed by atoms with Crippen LogP contribution in [0.2, 0.25) is 0 Å². The Balaban J connectivity index is 1.00. The summed E-state index contributed by atoms with van der Waals surface area (Å²) in [6.07, 6.45) is 0. The Bertz CT molecular complexity index is 3490. The van der Waals surface area contributed by atoms with Gasteiger partial charge in [-0.25, -0.2) is 0 Å². The molecule has 12 aromatic rings. The molecule has 0 aliphatic heterocycles. The molecule has 296 valence electrons. The van der Waals surface area contributed by atoms with Gasteiger partial charge in [0.1, 0.15) is 0 Å². The van der Waals surface area contributed by atoms with Gasteiger partial charge in [0.25, 0.3) is 0 Å². The van der Waals surface area contributed by atoms with Gasteiger partial charge >= 0.3 is 0 Å². The molecular formula is C60H42N2Si. The molecule has 2 nitrogen and oxygen atoms in total. The van der Waals surface area contributed by atoms with Crippen molar-refractivity contribution >= 4 is 72.4 Å². The van der Waals surface area contributed by atoms with E-state index in [1.807, 2.05) is 0 Å². The molecule has 0 bridgehead atoms. The van der Waals surface area contributed by atoms with E-state index >= 15 is 0 Å². The van der Waals surface area contributed by atoms with Crippen molar-refractivity contribution in [2.24, 2.45) is 0 Å². The summed E-state index contributed by atoms with van der Waals surface area (Å²) in [6, 6.07) is 94.1. The van der Waals surface area contributed by atoms with Gasteiger partial charge in [0.05, 0.1) is 22.1 Å². The average Bonchev–Trinajstić information content (AvgIpc) is 3.88. The Kier molecular flexibility index (Phi) is 8.87. The van der Waals surface area contributed by atoms with Crippen molar-refractivity contribution in [3.63, 3.8) is 0 Å². The summed E-state index contributed by atoms with van der Waals surface area (Å²) >= 11 is 0. The van der Waals surface area contributed by atoms with Crippen LogP contribution in [0.25, 0.3) is 77.2 Å². The van der Waals surface area contributed by atoms with Gasteiger partial charge in [-0.1, -0.05) is 194 Å². The first-order valence-corrected chi connectivity index (χ1v) is 23.8. The van der Waals surface area contributed by atoms with Gasteiger partial charge in [-0.2, -0.15) is 0 Å². The van der Waals surface area contributed by atoms with Gasteiger partial charge in [-0.15, -0.1) is 0 Å². The van der Waals surface area contributed by atoms with Crippen LogP contribution in [0.3, 0.4) is 0 Å². The lowest BCUT2D eigenvalue weighted by atomic mass is 10.0. The third-order valence-electron chi connectivity index (χ3n) is 13.1. The van der Waals surface area contributed by atoms with Crippen molar-refractivity contribution in [3.05, 3.63) is 255 Å². The first-order chi connectivity index (χ1) is 31.3. The summed E-state index contributed by atoms with van der Waals surface area (Å²) in [4.78, 5) is 0. The molecule has 0 unspecified atom stereocenters. The second-order valence-corrected chi connectivity index (χ2v) is 20.3. The number of benzene rings is 10. The molecule has 0 atom stereocenters. The standard InChI is InChI=1S/C60H42N2Si/c1-5-18-43(19-6-1)44-32-36-47(37-33-44)61-57-30-15-13-28-53(57)55-40-45(34-38-59(55)61)46-35-39-60-56(41-46)54-29-14-16-31-58(54)62(60)48-20-17-27-52(42-48)63(49-21-7-2-8-22-49,50-23-9-3-10-24-50)51-25-11-4-12-26-51/h1-42H. The number of rotatable bonds is 8. The molecule has 12 rings (SSSR count). The average molecular weight is 819 g/mol. The minimum Gasteiger partial charge on any atom is -0.309 e. The molecule has 0 radical (unpaired) electrons. The summed E-state index contributed by atoms with van der Waals surface area (Å²) in [7, 11) is -2.73. The summed E-state index contributed by atoms with van der Waals surface area (Å²) in [5, 5.41) is 10.4. The fraction of sp³-hybridized carbons (Fsp3) is 0. The maximum Gasteiger partial charge on any atom is 0.179 e. The van der Waals surface area contributed by atoms with Gasteiger partial charge in [0.15, 0.2) is 8.07 Å². The Morgan fingerprint density at radius 3 is 1.11 bits per heavy atom. The van der Waals surface area contributed by atoms with E-state index in [1.54, 1.807) is 0 Å². The second-order valence-electron chi connectivity index (χ2n) is 16.5. The normalized spacial score (nSPS) is 11.8. The third-order valence-corrected chi connectivity index (χ3v) is 17.8. The van der Waals surface area contributed by atoms with Crippen molar-refractivity contribution in [1.82, 2.24) is 9.13 Å². The van der Waals surface area contributed by atoms with E-state index in [9.17, 15) is 0 Å². The van der Waals surface area contributed by atoms with Crippen molar-refractivity contribution in [2.45, 2.75) is 0 Å². The zero-order chi connectivity index (χ0) is 41.7. The van der Waals surface area contributed by atoms with Crippen molar-refractivity contribution in [3.8, 4) is 33.6 Å². The van der Waals surface area contributed by atoms with Gasteiger partial charge < -0.3 is 9.13 Å². The summed E-state index contributed by atoms with van der Waals surface area (Å²) in [5.41, 5.74) is 12.0. The molecule has 0 N–H and O–H groups in total. The predicted octanol–water partition coefficient (Wildman–Crippen LogP) is 12.6. The molecular weight excluding hydrogens is 777 g/mol. The van der Waals surface area contributed by atoms with E-state index in [4.69, 9.17) is 0 Å². The van der Waals surface area contributed by atoms with Crippen LogP contribution < -0.4 is 20.7 Å². The summed E-state index contributed by atoms with van der Waals surface area (Å²) in [6.45, 7) is 0. The highest BCUT2D eigenvalue weighted by Crippen LogP contribution is 2.38. The van der Waals surface area contributed by atoms with E-state index in [-0.39, 0.29) is 0 Å². The number of hydrogen-bond acceptors (Lipinski definition) is 0. The molecule has 0 saturated heterocycles. The lowest BCUT2D eigenvalue weighted by molar-refractivity contribution is 1.18. The van der Waals surface area contributed by atoms with Crippen LogP contribution in [0, 0.1) is 0 Å². The first kappa shape index (κ1) is 36.8. The quantitative estimate of drug-likeness (QED) is 0.107. The highest BCUT2D eigenvalue weighted by molar-refractivity contribution is 7.19. The van der Waals surface area contributed by atoms with Crippen LogP contribution in [-0.2, 0) is 0 Å². The SMILES string of the molecule is c1ccc(-c2ccc(-n3c4ccccc4c4cc(-c5ccc6c(c5)c5ccccc5n6-c5cccc([Si](c6ccccc6)(c6ccccc6)c6ccccc6)c5)ccc43)cc2)cc1. The molecule has 0 fully saturated rings. The number of fused-ring (bicyclic) bond motifs is 6. The molecule has 0 aliphatic carbocycles. The lowest BCUT2D eigenvalue weighted by Gasteiger charge is -2.34. The summed E-state index contributed by atoms with van der Waals surface area (Å²) in [5.74, 6) is 0. The smallest absolute Gasteiger partial charge is 0.179 e. The molecule has 2 aromatic heterocycles. The van der Waals surface area contributed by atoms with Crippen LogP contribution in [0.4, 0.5) is 0 Å². The third kappa shape index (κ3) is 6.00. The molecule has 0 saturated carbocycles. The highest BCUT2D eigenvalue weighted by Gasteiger charge is 2.41. The maximum atomic E-state index is 2.47. The van der Waals surface area contributed by atoms with Gasteiger partial charge in [-0.3, -0.25) is 0 Å². The highest BCUT2D eigenvalue weighted by atomic mass is 28.3. The topological polar surface area (TPSA) is 9.86 Å². The van der Waals surface area contributed by atoms with Crippen LogP contribution >= 0.6 is 0 Å². The van der Waals surface area contributed by atoms with Gasteiger partial charge in [0, 0.05) is 32.9 Å². The van der Waals surface area contributed by atoms with Crippen LogP contribution in [0.1, 0.15) is 0 Å². The van der Waals surface area contributed by atoms with E-state index in [0.717, 1.165) is 11.4 Å². The van der Waals surface area contributed by atoms with Gasteiger partial charge in [-0.05, 0) is 104 Å². The molecule has 2 heterocycles. The van der Waals surface area contributed by atoms with Crippen LogP contribution in [0.5, 0.6) is 0 Å². The van der Waals surface area contributed by atoms with E-state index in [2.05, 4.69) is 264 Å². The number of para-hydroxylation sites is 2. The Hall–Kier alpha value is -7.98. The zero-order valence-corrected chi connectivity index (χ0v) is 35.6. The molecule has 0 aliphatic rings. The molecule has 63 heavy (non-hydrogen) atoms. The van der Waals surface area contributed by atoms with Crippen molar-refractivity contribution in [2.75, 3.05) is 0 Å². The van der Waals surface area contributed by atoms with Crippen molar-refractivity contribution < 1.29 is 0 Å². The summed E-state index contributed by atoms with van der Waals surface area (Å²) < 4.78 is 4.87. The minimum absolute atomic E-state index is 1.16. The molecule has 0 amide bonds. The van der Waals surface area contributed by atoms with E-state index in [1.165, 1.54) is 86.6 Å². The fourth-order valence-electron chi connectivity index (χ4n) is 10.2. The van der Waals surface area contributed by atoms with E-state index < -0.39 is 8.07 Å². The molecule has 10 aromatic carbocycles. The molecule has 0 spiro atoms. The molecule has 3 heteroatoms. The lowest BCUT2D eigenvalue weighted by Crippen LogP contribution is -2.74. The van der Waals surface area contributed by atoms with Crippen LogP contribution in [-0.4, -0.2) is 17.2 Å². The van der Waals surface area contributed by atoms with Crippen LogP contribution in [0.15, 0.2) is 255 Å². The Labute approximate surface area is 368 Å². The number of hydrogen-bond donors (Lipinski definition) is 0. The van der Waals surface area contributed by atoms with Crippen molar-refractivity contribution in [1.29, 1.82) is 0 Å². The first-order valence-electron chi connectivity index (χ1n) is 21.8. The minimum atomic E-state index is -2.73. The maximum absolute atomic E-state index is 2.73. The fourth-order valence-corrected chi connectivity index (χ4v) is 15.0. The number of nitrogens with zero attached hydrogens (tertiary/aromatic N) is 2.